The van der Waals surface area contributed by atoms with E-state index in [0.717, 1.165) is 54.5 Å². The summed E-state index contributed by atoms with van der Waals surface area (Å²) in [6.45, 7) is 6.46. The van der Waals surface area contributed by atoms with Crippen LogP contribution in [0.1, 0.15) is 59.3 Å². The summed E-state index contributed by atoms with van der Waals surface area (Å²) < 4.78 is 23.3. The van der Waals surface area contributed by atoms with E-state index in [1.54, 1.807) is 0 Å². The van der Waals surface area contributed by atoms with E-state index in [1.807, 2.05) is 0 Å². The summed E-state index contributed by atoms with van der Waals surface area (Å²) in [5.41, 5.74) is 0. The van der Waals surface area contributed by atoms with Gasteiger partial charge in [0.25, 0.3) is 0 Å². The first-order valence-electron chi connectivity index (χ1n) is 6.54. The van der Waals surface area contributed by atoms with Crippen LogP contribution in [0.5, 0.6) is 0 Å². The van der Waals surface area contributed by atoms with Gasteiger partial charge in [-0.1, -0.05) is 0 Å². The zero-order chi connectivity index (χ0) is 12.4. The summed E-state index contributed by atoms with van der Waals surface area (Å²) in [4.78, 5) is 0. The third-order valence-corrected chi connectivity index (χ3v) is 17.0. The van der Waals surface area contributed by atoms with Crippen LogP contribution in [0.2, 0.25) is 16.0 Å². The number of hydrogen-bond acceptors (Lipinski definition) is 2. The van der Waals surface area contributed by atoms with Gasteiger partial charge >= 0.3 is 103 Å². The van der Waals surface area contributed by atoms with Crippen molar-refractivity contribution in [3.63, 3.8) is 0 Å². The van der Waals surface area contributed by atoms with Crippen molar-refractivity contribution in [3.8, 4) is 0 Å². The molecule has 0 aliphatic heterocycles. The first-order chi connectivity index (χ1) is 7.63. The van der Waals surface area contributed by atoms with E-state index in [4.69, 9.17) is 0 Å². The van der Waals surface area contributed by atoms with Crippen molar-refractivity contribution >= 4 is 18.8 Å². The molecule has 0 N–H and O–H groups in total. The SMILES string of the molecule is CCCC[Se](CCCC)(CCCC)P(=O)=O. The minimum absolute atomic E-state index is 1.02. The first kappa shape index (κ1) is 16.4. The normalized spacial score (nSPS) is 12.7. The molecule has 0 atom stereocenters. The van der Waals surface area contributed by atoms with Crippen LogP contribution in [0, 0.1) is 0 Å². The van der Waals surface area contributed by atoms with Gasteiger partial charge in [0, 0.05) is 0 Å². The second-order valence-electron chi connectivity index (χ2n) is 4.40. The van der Waals surface area contributed by atoms with Crippen LogP contribution < -0.4 is 0 Å². The fraction of sp³-hybridized carbons (Fsp3) is 1.00. The van der Waals surface area contributed by atoms with E-state index in [-0.39, 0.29) is 0 Å². The van der Waals surface area contributed by atoms with E-state index < -0.39 is 18.8 Å². The fourth-order valence-electron chi connectivity index (χ4n) is 1.77. The summed E-state index contributed by atoms with van der Waals surface area (Å²) in [6, 6.07) is 0. The Hall–Kier alpha value is 0.419. The van der Waals surface area contributed by atoms with Gasteiger partial charge in [-0.3, -0.25) is 0 Å². The van der Waals surface area contributed by atoms with Crippen molar-refractivity contribution in [2.45, 2.75) is 75.3 Å². The van der Waals surface area contributed by atoms with Crippen LogP contribution in [-0.4, -0.2) is 12.4 Å². The van der Waals surface area contributed by atoms with Crippen LogP contribution >= 0.6 is 6.37 Å². The standard InChI is InChI=1S/C12H27O2PSe/c1-4-7-10-16(15(13)14,11-8-5-2)12-9-6-3/h4-12H2,1-3H3. The molecule has 0 saturated heterocycles. The van der Waals surface area contributed by atoms with Gasteiger partial charge in [0.2, 0.25) is 0 Å². The Morgan fingerprint density at radius 3 is 1.25 bits per heavy atom. The molecule has 0 fully saturated rings. The predicted octanol–water partition coefficient (Wildman–Crippen LogP) is 5.51. The molecule has 2 nitrogen and oxygen atoms in total. The third-order valence-electron chi connectivity index (χ3n) is 2.95. The molecule has 0 rings (SSSR count). The molecule has 0 saturated carbocycles. The van der Waals surface area contributed by atoms with Gasteiger partial charge in [-0.25, -0.2) is 0 Å². The minimum atomic E-state index is -2.18. The summed E-state index contributed by atoms with van der Waals surface area (Å²) in [5.74, 6) is 0. The Morgan fingerprint density at radius 1 is 0.750 bits per heavy atom. The van der Waals surface area contributed by atoms with Crippen LogP contribution in [0.25, 0.3) is 0 Å². The van der Waals surface area contributed by atoms with Crippen LogP contribution in [0.15, 0.2) is 0 Å². The van der Waals surface area contributed by atoms with E-state index in [2.05, 4.69) is 20.8 Å². The van der Waals surface area contributed by atoms with Crippen LogP contribution in [0.4, 0.5) is 0 Å². The quantitative estimate of drug-likeness (QED) is 0.394. The van der Waals surface area contributed by atoms with Crippen LogP contribution in [-0.2, 0) is 9.13 Å². The summed E-state index contributed by atoms with van der Waals surface area (Å²) in [7, 11) is 0. The Kier molecular flexibility index (Phi) is 9.70. The summed E-state index contributed by atoms with van der Waals surface area (Å²) in [6.07, 6.45) is 4.57. The molecule has 0 unspecified atom stereocenters. The molecule has 0 spiro atoms. The molecule has 0 aliphatic rings. The van der Waals surface area contributed by atoms with E-state index in [9.17, 15) is 9.13 Å². The molecule has 0 bridgehead atoms. The molecule has 0 aliphatic carbocycles. The molecular formula is C12H27O2PSe. The molecule has 16 heavy (non-hydrogen) atoms. The average molecular weight is 313 g/mol. The van der Waals surface area contributed by atoms with Gasteiger partial charge in [0.05, 0.1) is 0 Å². The first-order valence-corrected chi connectivity index (χ1v) is 13.6. The van der Waals surface area contributed by atoms with Crippen molar-refractivity contribution < 1.29 is 9.13 Å². The van der Waals surface area contributed by atoms with E-state index in [1.165, 1.54) is 0 Å². The molecule has 0 aromatic carbocycles. The number of rotatable bonds is 10. The summed E-state index contributed by atoms with van der Waals surface area (Å²) in [5, 5.41) is 3.06. The maximum atomic E-state index is 11.6. The number of hydrogen-bond donors (Lipinski definition) is 0. The van der Waals surface area contributed by atoms with Gasteiger partial charge < -0.3 is 0 Å². The van der Waals surface area contributed by atoms with Gasteiger partial charge in [-0.2, -0.15) is 0 Å². The van der Waals surface area contributed by atoms with E-state index in [0.29, 0.717) is 0 Å². The van der Waals surface area contributed by atoms with Gasteiger partial charge in [-0.15, -0.1) is 0 Å². The summed E-state index contributed by atoms with van der Waals surface area (Å²) >= 11 is -2.18. The Labute approximate surface area is 103 Å². The molecule has 98 valence electrons. The van der Waals surface area contributed by atoms with Gasteiger partial charge in [0.15, 0.2) is 0 Å². The maximum absolute atomic E-state index is 11.6. The average Bonchev–Trinajstić information content (AvgIpc) is 2.28. The topological polar surface area (TPSA) is 34.1 Å². The van der Waals surface area contributed by atoms with Crippen LogP contribution in [0.3, 0.4) is 0 Å². The monoisotopic (exact) mass is 314 g/mol. The second-order valence-corrected chi connectivity index (χ2v) is 17.5. The van der Waals surface area contributed by atoms with Crippen molar-refractivity contribution in [1.82, 2.24) is 0 Å². The molecular weight excluding hydrogens is 286 g/mol. The fourth-order valence-corrected chi connectivity index (χ4v) is 13.5. The molecule has 0 heterocycles. The third kappa shape index (κ3) is 5.66. The Morgan fingerprint density at radius 2 is 1.06 bits per heavy atom. The molecule has 0 amide bonds. The van der Waals surface area contributed by atoms with E-state index >= 15 is 0 Å². The zero-order valence-corrected chi connectivity index (χ0v) is 13.6. The predicted molar refractivity (Wildman–Crippen MR) is 73.2 cm³/mol. The Bertz CT molecular complexity index is 209. The molecule has 4 heteroatoms. The van der Waals surface area contributed by atoms with Gasteiger partial charge in [-0.05, 0) is 0 Å². The van der Waals surface area contributed by atoms with Crippen molar-refractivity contribution in [2.24, 2.45) is 0 Å². The molecule has 0 aromatic heterocycles. The Balaban J connectivity index is 4.59. The van der Waals surface area contributed by atoms with Crippen molar-refractivity contribution in [2.75, 3.05) is 0 Å². The molecule has 0 radical (unpaired) electrons. The van der Waals surface area contributed by atoms with Gasteiger partial charge in [0.1, 0.15) is 0 Å². The van der Waals surface area contributed by atoms with Crippen molar-refractivity contribution in [3.05, 3.63) is 0 Å². The molecule has 0 aromatic rings. The second kappa shape index (κ2) is 9.45. The number of unbranched alkanes of at least 4 members (excludes halogenated alkanes) is 3. The zero-order valence-electron chi connectivity index (χ0n) is 11.0. The van der Waals surface area contributed by atoms with Crippen molar-refractivity contribution in [1.29, 1.82) is 0 Å².